The number of benzene rings is 1. The Kier molecular flexibility index (Phi) is 3.12. The second kappa shape index (κ2) is 4.13. The number of nitrogens with one attached hydrogen (secondary N) is 1. The van der Waals surface area contributed by atoms with Crippen molar-refractivity contribution in [1.29, 1.82) is 0 Å². The number of nitrogens with two attached hydrogens (primary N) is 1. The van der Waals surface area contributed by atoms with E-state index in [1.54, 1.807) is 12.1 Å². The highest BCUT2D eigenvalue weighted by Crippen LogP contribution is 2.16. The molecule has 0 fully saturated rings. The predicted molar refractivity (Wildman–Crippen MR) is 54.9 cm³/mol. The summed E-state index contributed by atoms with van der Waals surface area (Å²) in [5.41, 5.74) is 5.71. The molecule has 14 heavy (non-hydrogen) atoms. The molecular weight excluding hydrogens is 200 g/mol. The smallest absolute Gasteiger partial charge is 0.243 e. The molecule has 0 aliphatic rings. The zero-order valence-electron chi connectivity index (χ0n) is 7.40. The monoisotopic (exact) mass is 210 g/mol. The summed E-state index contributed by atoms with van der Waals surface area (Å²) in [5.74, 6) is 2.18. The Hall–Kier alpha value is -1.51. The van der Waals surface area contributed by atoms with Gasteiger partial charge in [0.15, 0.2) is 0 Å². The van der Waals surface area contributed by atoms with Crippen LogP contribution in [0.5, 0.6) is 0 Å². The maximum atomic E-state index is 11.5. The van der Waals surface area contributed by atoms with Gasteiger partial charge in [-0.3, -0.25) is 0 Å². The minimum atomic E-state index is -3.57. The molecule has 0 aliphatic carbocycles. The van der Waals surface area contributed by atoms with Gasteiger partial charge in [-0.15, -0.1) is 6.42 Å². The standard InChI is InChI=1S/C9H10N2O2S/c1-2-7-11-14(12,13)9-6-4-3-5-8(9)10/h1,3-6,11H,7,10H2. The lowest BCUT2D eigenvalue weighted by Crippen LogP contribution is -2.24. The van der Waals surface area contributed by atoms with Crippen molar-refractivity contribution in [2.45, 2.75) is 4.90 Å². The average molecular weight is 210 g/mol. The molecule has 5 heteroatoms. The molecule has 0 amide bonds. The summed E-state index contributed by atoms with van der Waals surface area (Å²) in [4.78, 5) is 0.0512. The number of rotatable bonds is 3. The molecule has 0 atom stereocenters. The van der Waals surface area contributed by atoms with Gasteiger partial charge in [-0.1, -0.05) is 18.1 Å². The molecule has 0 radical (unpaired) electrons. The largest absolute Gasteiger partial charge is 0.398 e. The zero-order valence-corrected chi connectivity index (χ0v) is 8.21. The number of hydrogen-bond donors (Lipinski definition) is 2. The summed E-state index contributed by atoms with van der Waals surface area (Å²) >= 11 is 0. The minimum Gasteiger partial charge on any atom is -0.398 e. The first-order valence-electron chi connectivity index (χ1n) is 3.85. The van der Waals surface area contributed by atoms with Gasteiger partial charge in [0.25, 0.3) is 0 Å². The van der Waals surface area contributed by atoms with Crippen LogP contribution in [-0.4, -0.2) is 15.0 Å². The Labute approximate surface area is 83.2 Å². The van der Waals surface area contributed by atoms with Gasteiger partial charge >= 0.3 is 0 Å². The molecule has 0 spiro atoms. The summed E-state index contributed by atoms with van der Waals surface area (Å²) in [6.45, 7) is -0.0450. The maximum Gasteiger partial charge on any atom is 0.243 e. The van der Waals surface area contributed by atoms with Crippen molar-refractivity contribution in [1.82, 2.24) is 4.72 Å². The fraction of sp³-hybridized carbons (Fsp3) is 0.111. The van der Waals surface area contributed by atoms with E-state index in [-0.39, 0.29) is 17.1 Å². The molecule has 4 nitrogen and oxygen atoms in total. The van der Waals surface area contributed by atoms with Gasteiger partial charge in [-0.2, -0.15) is 4.72 Å². The van der Waals surface area contributed by atoms with E-state index in [2.05, 4.69) is 10.6 Å². The third kappa shape index (κ3) is 2.25. The first-order chi connectivity index (χ1) is 6.58. The van der Waals surface area contributed by atoms with Crippen LogP contribution in [0.25, 0.3) is 0 Å². The summed E-state index contributed by atoms with van der Waals surface area (Å²) in [5, 5.41) is 0. The van der Waals surface area contributed by atoms with Gasteiger partial charge in [0, 0.05) is 0 Å². The Morgan fingerprint density at radius 1 is 1.43 bits per heavy atom. The molecule has 0 aliphatic heterocycles. The van der Waals surface area contributed by atoms with E-state index >= 15 is 0 Å². The zero-order chi connectivity index (χ0) is 10.6. The Bertz CT molecular complexity index is 460. The van der Waals surface area contributed by atoms with Crippen molar-refractivity contribution in [3.63, 3.8) is 0 Å². The van der Waals surface area contributed by atoms with Gasteiger partial charge in [-0.05, 0) is 12.1 Å². The lowest BCUT2D eigenvalue weighted by Gasteiger charge is -2.05. The molecule has 0 heterocycles. The average Bonchev–Trinajstić information content (AvgIpc) is 2.15. The van der Waals surface area contributed by atoms with Gasteiger partial charge in [0.1, 0.15) is 4.90 Å². The lowest BCUT2D eigenvalue weighted by molar-refractivity contribution is 0.586. The number of para-hydroxylation sites is 1. The fourth-order valence-corrected chi connectivity index (χ4v) is 2.00. The van der Waals surface area contributed by atoms with Crippen LogP contribution in [-0.2, 0) is 10.0 Å². The van der Waals surface area contributed by atoms with Crippen molar-refractivity contribution in [3.05, 3.63) is 24.3 Å². The molecular formula is C9H10N2O2S. The highest BCUT2D eigenvalue weighted by molar-refractivity contribution is 7.89. The van der Waals surface area contributed by atoms with Crippen LogP contribution in [0.1, 0.15) is 0 Å². The van der Waals surface area contributed by atoms with Crippen LogP contribution in [0.15, 0.2) is 29.2 Å². The van der Waals surface area contributed by atoms with Crippen LogP contribution < -0.4 is 10.5 Å². The third-order valence-corrected chi connectivity index (χ3v) is 3.05. The van der Waals surface area contributed by atoms with Crippen molar-refractivity contribution < 1.29 is 8.42 Å². The first-order valence-corrected chi connectivity index (χ1v) is 5.34. The highest BCUT2D eigenvalue weighted by Gasteiger charge is 2.15. The van der Waals surface area contributed by atoms with E-state index in [1.165, 1.54) is 12.1 Å². The van der Waals surface area contributed by atoms with Crippen LogP contribution in [0.2, 0.25) is 0 Å². The summed E-state index contributed by atoms with van der Waals surface area (Å²) < 4.78 is 25.3. The minimum absolute atomic E-state index is 0.0450. The van der Waals surface area contributed by atoms with Crippen LogP contribution in [0.3, 0.4) is 0 Å². The second-order valence-corrected chi connectivity index (χ2v) is 4.30. The molecule has 0 unspecified atom stereocenters. The van der Waals surface area contributed by atoms with Gasteiger partial charge in [0.05, 0.1) is 12.2 Å². The van der Waals surface area contributed by atoms with Crippen molar-refractivity contribution in [2.24, 2.45) is 0 Å². The van der Waals surface area contributed by atoms with Crippen LogP contribution in [0, 0.1) is 12.3 Å². The first kappa shape index (κ1) is 10.6. The lowest BCUT2D eigenvalue weighted by atomic mass is 10.3. The molecule has 0 saturated carbocycles. The summed E-state index contributed by atoms with van der Waals surface area (Å²) in [6.07, 6.45) is 4.94. The Balaban J connectivity index is 3.06. The molecule has 1 rings (SSSR count). The third-order valence-electron chi connectivity index (χ3n) is 1.57. The van der Waals surface area contributed by atoms with Crippen LogP contribution in [0.4, 0.5) is 5.69 Å². The molecule has 0 aromatic heterocycles. The predicted octanol–water partition coefficient (Wildman–Crippen LogP) is 0.180. The fourth-order valence-electron chi connectivity index (χ4n) is 0.940. The molecule has 0 saturated heterocycles. The van der Waals surface area contributed by atoms with E-state index in [4.69, 9.17) is 12.2 Å². The number of sulfonamides is 1. The second-order valence-electron chi connectivity index (χ2n) is 2.57. The van der Waals surface area contributed by atoms with Crippen molar-refractivity contribution in [2.75, 3.05) is 12.3 Å². The van der Waals surface area contributed by atoms with E-state index < -0.39 is 10.0 Å². The summed E-state index contributed by atoms with van der Waals surface area (Å²) in [6, 6.07) is 6.20. The SMILES string of the molecule is C#CCNS(=O)(=O)c1ccccc1N. The number of hydrogen-bond acceptors (Lipinski definition) is 3. The summed E-state index contributed by atoms with van der Waals surface area (Å²) in [7, 11) is -3.57. The molecule has 3 N–H and O–H groups in total. The molecule has 1 aromatic carbocycles. The quantitative estimate of drug-likeness (QED) is 0.552. The molecule has 74 valence electrons. The van der Waals surface area contributed by atoms with Crippen molar-refractivity contribution in [3.8, 4) is 12.3 Å². The van der Waals surface area contributed by atoms with E-state index in [0.29, 0.717) is 0 Å². The van der Waals surface area contributed by atoms with E-state index in [0.717, 1.165) is 0 Å². The molecule has 0 bridgehead atoms. The van der Waals surface area contributed by atoms with Gasteiger partial charge < -0.3 is 5.73 Å². The Morgan fingerprint density at radius 3 is 2.64 bits per heavy atom. The number of nitrogen functional groups attached to an aromatic ring is 1. The topological polar surface area (TPSA) is 72.2 Å². The van der Waals surface area contributed by atoms with Crippen molar-refractivity contribution >= 4 is 15.7 Å². The van der Waals surface area contributed by atoms with E-state index in [1.807, 2.05) is 0 Å². The Morgan fingerprint density at radius 2 is 2.07 bits per heavy atom. The maximum absolute atomic E-state index is 11.5. The van der Waals surface area contributed by atoms with Crippen LogP contribution >= 0.6 is 0 Å². The van der Waals surface area contributed by atoms with Gasteiger partial charge in [-0.25, -0.2) is 8.42 Å². The highest BCUT2D eigenvalue weighted by atomic mass is 32.2. The van der Waals surface area contributed by atoms with E-state index in [9.17, 15) is 8.42 Å². The number of anilines is 1. The molecule has 1 aromatic rings. The normalized spacial score (nSPS) is 10.8. The van der Waals surface area contributed by atoms with Gasteiger partial charge in [0.2, 0.25) is 10.0 Å². The number of terminal acetylenes is 1.